The van der Waals surface area contributed by atoms with Crippen LogP contribution in [0.3, 0.4) is 0 Å². The van der Waals surface area contributed by atoms with Gasteiger partial charge in [-0.1, -0.05) is 0 Å². The molecule has 1 saturated heterocycles. The molecule has 2 atom stereocenters. The number of H-pyrrole nitrogens is 1. The van der Waals surface area contributed by atoms with Crippen molar-refractivity contribution < 1.29 is 13.2 Å². The average Bonchev–Trinajstić information content (AvgIpc) is 3.05. The maximum atomic E-state index is 12.3. The summed E-state index contributed by atoms with van der Waals surface area (Å²) in [5.74, 6) is 0.490. The highest BCUT2D eigenvalue weighted by molar-refractivity contribution is 7.90. The fourth-order valence-electron chi connectivity index (χ4n) is 3.83. The molecule has 27 heavy (non-hydrogen) atoms. The molecule has 3 aromatic rings. The first-order valence-electron chi connectivity index (χ1n) is 8.89. The SMILES string of the molecule is CC(=O)N1C[C@H](NS(=O)(=O)C2CC2)C[C@@H]1c1nnc2cnc3[nH]ccc3n12. The number of nitrogens with one attached hydrogen (secondary N) is 2. The zero-order valence-corrected chi connectivity index (χ0v) is 15.5. The standard InChI is InChI=1S/C16H19N7O3S/c1-9(24)22-8-10(21-27(25,26)11-2-3-11)6-13(22)16-20-19-14-7-18-15-12(23(14)16)4-5-17-15/h4-5,7,10-11,13,17,21H,2-3,6,8H2,1H3/t10-,13-/m1/s1. The van der Waals surface area contributed by atoms with Gasteiger partial charge in [-0.05, 0) is 25.3 Å². The van der Waals surface area contributed by atoms with Crippen LogP contribution >= 0.6 is 0 Å². The molecule has 1 aliphatic heterocycles. The number of rotatable bonds is 4. The van der Waals surface area contributed by atoms with E-state index in [0.717, 1.165) is 5.52 Å². The van der Waals surface area contributed by atoms with E-state index in [-0.39, 0.29) is 23.2 Å². The van der Waals surface area contributed by atoms with Crippen LogP contribution in [0.1, 0.15) is 38.1 Å². The minimum absolute atomic E-state index is 0.121. The van der Waals surface area contributed by atoms with E-state index >= 15 is 0 Å². The van der Waals surface area contributed by atoms with E-state index in [1.54, 1.807) is 17.3 Å². The summed E-state index contributed by atoms with van der Waals surface area (Å²) in [5.41, 5.74) is 2.10. The van der Waals surface area contributed by atoms with E-state index in [1.165, 1.54) is 6.92 Å². The van der Waals surface area contributed by atoms with Gasteiger partial charge < -0.3 is 9.88 Å². The van der Waals surface area contributed by atoms with Gasteiger partial charge >= 0.3 is 0 Å². The minimum atomic E-state index is -3.33. The molecule has 11 heteroatoms. The van der Waals surface area contributed by atoms with Crippen LogP contribution in [0.5, 0.6) is 0 Å². The molecule has 142 valence electrons. The maximum absolute atomic E-state index is 12.3. The van der Waals surface area contributed by atoms with E-state index in [0.29, 0.717) is 42.9 Å². The second-order valence-corrected chi connectivity index (χ2v) is 9.20. The van der Waals surface area contributed by atoms with Crippen molar-refractivity contribution in [1.82, 2.24) is 34.2 Å². The van der Waals surface area contributed by atoms with E-state index in [9.17, 15) is 13.2 Å². The summed E-state index contributed by atoms with van der Waals surface area (Å²) >= 11 is 0. The zero-order valence-electron chi connectivity index (χ0n) is 14.7. The number of aromatic nitrogens is 5. The Labute approximate surface area is 155 Å². The van der Waals surface area contributed by atoms with Gasteiger partial charge in [-0.25, -0.2) is 18.1 Å². The molecule has 0 bridgehead atoms. The van der Waals surface area contributed by atoms with Gasteiger partial charge in [0, 0.05) is 25.7 Å². The van der Waals surface area contributed by atoms with Gasteiger partial charge in [-0.2, -0.15) is 0 Å². The molecule has 0 radical (unpaired) electrons. The van der Waals surface area contributed by atoms with E-state index in [1.807, 2.05) is 10.5 Å². The number of likely N-dealkylation sites (tertiary alicyclic amines) is 1. The summed E-state index contributed by atoms with van der Waals surface area (Å²) in [6, 6.07) is 1.19. The largest absolute Gasteiger partial charge is 0.345 e. The number of amides is 1. The Morgan fingerprint density at radius 3 is 2.89 bits per heavy atom. The van der Waals surface area contributed by atoms with Crippen LogP contribution < -0.4 is 4.72 Å². The molecule has 0 unspecified atom stereocenters. The molecule has 5 rings (SSSR count). The van der Waals surface area contributed by atoms with Crippen LogP contribution in [0.15, 0.2) is 18.5 Å². The fraction of sp³-hybridized carbons (Fsp3) is 0.500. The number of aromatic amines is 1. The average molecular weight is 389 g/mol. The summed E-state index contributed by atoms with van der Waals surface area (Å²) < 4.78 is 29.3. The molecule has 0 aromatic carbocycles. The number of hydrogen-bond acceptors (Lipinski definition) is 6. The van der Waals surface area contributed by atoms with Crippen molar-refractivity contribution in [2.75, 3.05) is 6.54 Å². The van der Waals surface area contributed by atoms with Crippen molar-refractivity contribution in [3.63, 3.8) is 0 Å². The Balaban J connectivity index is 1.54. The van der Waals surface area contributed by atoms with Gasteiger partial charge in [-0.3, -0.25) is 9.20 Å². The Morgan fingerprint density at radius 1 is 1.33 bits per heavy atom. The zero-order chi connectivity index (χ0) is 18.8. The number of sulfonamides is 1. The summed E-state index contributed by atoms with van der Waals surface area (Å²) in [6.45, 7) is 1.81. The highest BCUT2D eigenvalue weighted by Gasteiger charge is 2.42. The summed E-state index contributed by atoms with van der Waals surface area (Å²) in [6.07, 6.45) is 5.27. The predicted molar refractivity (Wildman–Crippen MR) is 96.2 cm³/mol. The number of carbonyl (C=O) groups is 1. The lowest BCUT2D eigenvalue weighted by atomic mass is 10.1. The number of hydrogen-bond donors (Lipinski definition) is 2. The maximum Gasteiger partial charge on any atom is 0.220 e. The molecule has 1 amide bonds. The van der Waals surface area contributed by atoms with E-state index in [2.05, 4.69) is 24.9 Å². The van der Waals surface area contributed by atoms with Crippen molar-refractivity contribution in [3.8, 4) is 0 Å². The summed E-state index contributed by atoms with van der Waals surface area (Å²) in [7, 11) is -3.33. The van der Waals surface area contributed by atoms with E-state index in [4.69, 9.17) is 0 Å². The second kappa shape index (κ2) is 5.73. The molecule has 2 aliphatic rings. The second-order valence-electron chi connectivity index (χ2n) is 7.20. The third-order valence-corrected chi connectivity index (χ3v) is 7.28. The topological polar surface area (TPSA) is 125 Å². The molecule has 1 aliphatic carbocycles. The molecule has 1 saturated carbocycles. The van der Waals surface area contributed by atoms with Crippen LogP contribution in [-0.2, 0) is 14.8 Å². The van der Waals surface area contributed by atoms with Crippen molar-refractivity contribution in [3.05, 3.63) is 24.3 Å². The van der Waals surface area contributed by atoms with Crippen LogP contribution in [0, 0.1) is 0 Å². The lowest BCUT2D eigenvalue weighted by molar-refractivity contribution is -0.129. The first-order chi connectivity index (χ1) is 12.9. The van der Waals surface area contributed by atoms with Crippen LogP contribution in [0.4, 0.5) is 0 Å². The van der Waals surface area contributed by atoms with Crippen LogP contribution in [0.25, 0.3) is 16.8 Å². The highest BCUT2D eigenvalue weighted by Crippen LogP contribution is 2.34. The first-order valence-corrected chi connectivity index (χ1v) is 10.4. The summed E-state index contributed by atoms with van der Waals surface area (Å²) in [4.78, 5) is 21.2. The molecular formula is C16H19N7O3S. The number of nitrogens with zero attached hydrogens (tertiary/aromatic N) is 5. The van der Waals surface area contributed by atoms with Gasteiger partial charge in [0.25, 0.3) is 0 Å². The molecular weight excluding hydrogens is 370 g/mol. The smallest absolute Gasteiger partial charge is 0.220 e. The third kappa shape index (κ3) is 2.69. The molecule has 10 nitrogen and oxygen atoms in total. The monoisotopic (exact) mass is 389 g/mol. The first kappa shape index (κ1) is 16.6. The Kier molecular flexibility index (Phi) is 3.53. The van der Waals surface area contributed by atoms with Gasteiger partial charge in [0.2, 0.25) is 15.9 Å². The molecule has 0 spiro atoms. The lowest BCUT2D eigenvalue weighted by Crippen LogP contribution is -2.39. The molecule has 4 heterocycles. The third-order valence-electron chi connectivity index (χ3n) is 5.26. The van der Waals surface area contributed by atoms with Gasteiger partial charge in [-0.15, -0.1) is 10.2 Å². The quantitative estimate of drug-likeness (QED) is 0.663. The lowest BCUT2D eigenvalue weighted by Gasteiger charge is -2.21. The Morgan fingerprint density at radius 2 is 2.15 bits per heavy atom. The van der Waals surface area contributed by atoms with Gasteiger partial charge in [0.1, 0.15) is 0 Å². The number of carbonyl (C=O) groups excluding carboxylic acids is 1. The fourth-order valence-corrected chi connectivity index (χ4v) is 5.42. The van der Waals surface area contributed by atoms with Crippen LogP contribution in [0.2, 0.25) is 0 Å². The van der Waals surface area contributed by atoms with Crippen molar-refractivity contribution in [2.45, 2.75) is 43.5 Å². The van der Waals surface area contributed by atoms with Gasteiger partial charge in [0.15, 0.2) is 17.1 Å². The minimum Gasteiger partial charge on any atom is -0.345 e. The van der Waals surface area contributed by atoms with Crippen molar-refractivity contribution in [1.29, 1.82) is 0 Å². The number of fused-ring (bicyclic) bond motifs is 3. The Bertz CT molecular complexity index is 1150. The van der Waals surface area contributed by atoms with Crippen molar-refractivity contribution in [2.24, 2.45) is 0 Å². The molecule has 2 N–H and O–H groups in total. The van der Waals surface area contributed by atoms with Crippen molar-refractivity contribution >= 4 is 32.7 Å². The van der Waals surface area contributed by atoms with Gasteiger partial charge in [0.05, 0.1) is 23.0 Å². The summed E-state index contributed by atoms with van der Waals surface area (Å²) in [5, 5.41) is 8.20. The molecule has 2 fully saturated rings. The highest BCUT2D eigenvalue weighted by atomic mass is 32.2. The van der Waals surface area contributed by atoms with Crippen LogP contribution in [-0.4, -0.2) is 61.6 Å². The predicted octanol–water partition coefficient (Wildman–Crippen LogP) is 0.349. The van der Waals surface area contributed by atoms with E-state index < -0.39 is 10.0 Å². The normalized spacial score (nSPS) is 23.5. The molecule has 3 aromatic heterocycles. The Hall–Kier alpha value is -2.53.